The molecule has 0 aliphatic heterocycles. The lowest BCUT2D eigenvalue weighted by Crippen LogP contribution is -2.38. The lowest BCUT2D eigenvalue weighted by atomic mass is 10.1. The predicted octanol–water partition coefficient (Wildman–Crippen LogP) is 3.55. The molecular weight excluding hydrogens is 338 g/mol. The molecule has 2 N–H and O–H groups in total. The molecule has 0 fully saturated rings. The molecular formula is C20H22F2N2O2. The van der Waals surface area contributed by atoms with Gasteiger partial charge in [-0.15, -0.1) is 0 Å². The van der Waals surface area contributed by atoms with Gasteiger partial charge in [0.15, 0.2) is 0 Å². The van der Waals surface area contributed by atoms with E-state index in [1.54, 1.807) is 13.0 Å². The van der Waals surface area contributed by atoms with E-state index in [-0.39, 0.29) is 18.5 Å². The number of nitrogens with one attached hydrogen (secondary N) is 2. The Morgan fingerprint density at radius 3 is 2.42 bits per heavy atom. The summed E-state index contributed by atoms with van der Waals surface area (Å²) in [6, 6.07) is 13.0. The van der Waals surface area contributed by atoms with Crippen molar-refractivity contribution in [1.82, 2.24) is 5.32 Å². The summed E-state index contributed by atoms with van der Waals surface area (Å²) in [6.45, 7) is 1.09. The number of hydrogen-bond donors (Lipinski definition) is 2. The molecule has 0 saturated heterocycles. The largest absolute Gasteiger partial charge is 0.350 e. The lowest BCUT2D eigenvalue weighted by Gasteiger charge is -2.15. The van der Waals surface area contributed by atoms with E-state index < -0.39 is 30.3 Å². The van der Waals surface area contributed by atoms with E-state index in [1.807, 2.05) is 30.3 Å². The van der Waals surface area contributed by atoms with Gasteiger partial charge in [-0.25, -0.2) is 8.78 Å². The Bertz CT molecular complexity index is 751. The monoisotopic (exact) mass is 360 g/mol. The molecule has 0 unspecified atom stereocenters. The Hall–Kier alpha value is -2.76. The Morgan fingerprint density at radius 2 is 1.73 bits per heavy atom. The van der Waals surface area contributed by atoms with Crippen LogP contribution in [0.1, 0.15) is 24.0 Å². The third-order valence-corrected chi connectivity index (χ3v) is 3.85. The molecule has 138 valence electrons. The summed E-state index contributed by atoms with van der Waals surface area (Å²) in [5.74, 6) is -1.42. The molecule has 0 aliphatic carbocycles. The quantitative estimate of drug-likeness (QED) is 0.756. The van der Waals surface area contributed by atoms with Gasteiger partial charge in [0.2, 0.25) is 11.8 Å². The highest BCUT2D eigenvalue weighted by Crippen LogP contribution is 2.16. The number of anilines is 1. The van der Waals surface area contributed by atoms with Crippen LogP contribution < -0.4 is 10.6 Å². The SMILES string of the molecule is Cc1ccc(F)c(NC(=O)CCC(=O)N[C@@H](CF)Cc2ccccc2)c1. The van der Waals surface area contributed by atoms with Gasteiger partial charge in [0.25, 0.3) is 0 Å². The number of benzene rings is 2. The van der Waals surface area contributed by atoms with E-state index in [1.165, 1.54) is 12.1 Å². The second-order valence-corrected chi connectivity index (χ2v) is 6.14. The highest BCUT2D eigenvalue weighted by atomic mass is 19.1. The fourth-order valence-electron chi connectivity index (χ4n) is 2.52. The highest BCUT2D eigenvalue weighted by molar-refractivity contribution is 5.93. The minimum atomic E-state index is -0.693. The molecule has 26 heavy (non-hydrogen) atoms. The van der Waals surface area contributed by atoms with Crippen molar-refractivity contribution in [2.75, 3.05) is 12.0 Å². The molecule has 2 aromatic rings. The third kappa shape index (κ3) is 6.27. The van der Waals surface area contributed by atoms with Gasteiger partial charge in [0.05, 0.1) is 11.7 Å². The van der Waals surface area contributed by atoms with Crippen LogP contribution in [0.3, 0.4) is 0 Å². The minimum Gasteiger partial charge on any atom is -0.350 e. The normalized spacial score (nSPS) is 11.7. The molecule has 0 aromatic heterocycles. The maximum atomic E-state index is 13.6. The summed E-state index contributed by atoms with van der Waals surface area (Å²) >= 11 is 0. The molecule has 0 bridgehead atoms. The highest BCUT2D eigenvalue weighted by Gasteiger charge is 2.15. The summed E-state index contributed by atoms with van der Waals surface area (Å²) in [7, 11) is 0. The third-order valence-electron chi connectivity index (χ3n) is 3.85. The Kier molecular flexibility index (Phi) is 7.26. The Balaban J connectivity index is 1.79. The van der Waals surface area contributed by atoms with Crippen molar-refractivity contribution < 1.29 is 18.4 Å². The Labute approximate surface area is 151 Å². The van der Waals surface area contributed by atoms with Crippen LogP contribution in [0.5, 0.6) is 0 Å². The van der Waals surface area contributed by atoms with Crippen LogP contribution in [-0.2, 0) is 16.0 Å². The number of halogens is 2. The number of carbonyl (C=O) groups excluding carboxylic acids is 2. The number of hydrogen-bond acceptors (Lipinski definition) is 2. The van der Waals surface area contributed by atoms with Crippen molar-refractivity contribution in [1.29, 1.82) is 0 Å². The topological polar surface area (TPSA) is 58.2 Å². The van der Waals surface area contributed by atoms with E-state index in [2.05, 4.69) is 10.6 Å². The lowest BCUT2D eigenvalue weighted by molar-refractivity contribution is -0.125. The zero-order valence-corrected chi connectivity index (χ0v) is 14.6. The molecule has 6 heteroatoms. The first-order valence-electron chi connectivity index (χ1n) is 8.43. The van der Waals surface area contributed by atoms with Gasteiger partial charge in [-0.1, -0.05) is 36.4 Å². The standard InChI is InChI=1S/C20H22F2N2O2/c1-14-7-8-17(22)18(11-14)24-20(26)10-9-19(25)23-16(13-21)12-15-5-3-2-4-6-15/h2-8,11,16H,9-10,12-13H2,1H3,(H,23,25)(H,24,26)/t16-/m1/s1. The summed E-state index contributed by atoms with van der Waals surface area (Å²) in [4.78, 5) is 23.8. The predicted molar refractivity (Wildman–Crippen MR) is 97.1 cm³/mol. The Morgan fingerprint density at radius 1 is 1.04 bits per heavy atom. The van der Waals surface area contributed by atoms with Crippen LogP contribution in [0.15, 0.2) is 48.5 Å². The van der Waals surface area contributed by atoms with Gasteiger partial charge >= 0.3 is 0 Å². The van der Waals surface area contributed by atoms with E-state index in [0.29, 0.717) is 6.42 Å². The van der Waals surface area contributed by atoms with Crippen molar-refractivity contribution in [3.8, 4) is 0 Å². The molecule has 0 heterocycles. The van der Waals surface area contributed by atoms with Crippen molar-refractivity contribution in [2.24, 2.45) is 0 Å². The molecule has 1 atom stereocenters. The smallest absolute Gasteiger partial charge is 0.224 e. The number of carbonyl (C=O) groups is 2. The maximum Gasteiger partial charge on any atom is 0.224 e. The minimum absolute atomic E-state index is 0.0844. The molecule has 0 saturated carbocycles. The number of alkyl halides is 1. The van der Waals surface area contributed by atoms with Crippen LogP contribution in [0.2, 0.25) is 0 Å². The number of aryl methyl sites for hydroxylation is 1. The molecule has 4 nitrogen and oxygen atoms in total. The number of amides is 2. The van der Waals surface area contributed by atoms with Crippen molar-refractivity contribution in [2.45, 2.75) is 32.2 Å². The van der Waals surface area contributed by atoms with Crippen molar-refractivity contribution in [3.63, 3.8) is 0 Å². The van der Waals surface area contributed by atoms with Gasteiger partial charge < -0.3 is 10.6 Å². The average molecular weight is 360 g/mol. The summed E-state index contributed by atoms with van der Waals surface area (Å²) in [5, 5.41) is 5.03. The van der Waals surface area contributed by atoms with Crippen molar-refractivity contribution in [3.05, 3.63) is 65.5 Å². The summed E-state index contributed by atoms with van der Waals surface area (Å²) < 4.78 is 26.8. The van der Waals surface area contributed by atoms with Gasteiger partial charge in [0, 0.05) is 12.8 Å². The summed E-state index contributed by atoms with van der Waals surface area (Å²) in [5.41, 5.74) is 1.82. The second kappa shape index (κ2) is 9.65. The molecule has 0 radical (unpaired) electrons. The molecule has 0 spiro atoms. The van der Waals surface area contributed by atoms with E-state index in [4.69, 9.17) is 0 Å². The fourth-order valence-corrected chi connectivity index (χ4v) is 2.52. The van der Waals surface area contributed by atoms with Crippen LogP contribution in [-0.4, -0.2) is 24.5 Å². The zero-order chi connectivity index (χ0) is 18.9. The first-order chi connectivity index (χ1) is 12.5. The van der Waals surface area contributed by atoms with Crippen LogP contribution in [0, 0.1) is 12.7 Å². The second-order valence-electron chi connectivity index (χ2n) is 6.14. The first kappa shape index (κ1) is 19.6. The van der Waals surface area contributed by atoms with Gasteiger partial charge in [-0.2, -0.15) is 0 Å². The molecule has 0 aliphatic rings. The average Bonchev–Trinajstić information content (AvgIpc) is 2.63. The number of rotatable bonds is 8. The van der Waals surface area contributed by atoms with Gasteiger partial charge in [-0.3, -0.25) is 9.59 Å². The van der Waals surface area contributed by atoms with Gasteiger partial charge in [-0.05, 0) is 36.6 Å². The maximum absolute atomic E-state index is 13.6. The van der Waals surface area contributed by atoms with Gasteiger partial charge in [0.1, 0.15) is 12.5 Å². The van der Waals surface area contributed by atoms with E-state index >= 15 is 0 Å². The first-order valence-corrected chi connectivity index (χ1v) is 8.43. The van der Waals surface area contributed by atoms with Crippen LogP contribution in [0.25, 0.3) is 0 Å². The fraction of sp³-hybridized carbons (Fsp3) is 0.300. The van der Waals surface area contributed by atoms with E-state index in [9.17, 15) is 18.4 Å². The molecule has 2 rings (SSSR count). The van der Waals surface area contributed by atoms with Crippen LogP contribution in [0.4, 0.5) is 14.5 Å². The van der Waals surface area contributed by atoms with Crippen molar-refractivity contribution >= 4 is 17.5 Å². The van der Waals surface area contributed by atoms with Crippen LogP contribution >= 0.6 is 0 Å². The molecule has 2 amide bonds. The van der Waals surface area contributed by atoms with E-state index in [0.717, 1.165) is 11.1 Å². The molecule has 2 aromatic carbocycles. The zero-order valence-electron chi connectivity index (χ0n) is 14.6. The summed E-state index contributed by atoms with van der Waals surface area (Å²) in [6.07, 6.45) is 0.178.